The Bertz CT molecular complexity index is 572. The molecule has 0 fully saturated rings. The van der Waals surface area contributed by atoms with Crippen LogP contribution in [-0.2, 0) is 11.3 Å². The van der Waals surface area contributed by atoms with Crippen molar-refractivity contribution in [2.45, 2.75) is 6.54 Å². The van der Waals surface area contributed by atoms with E-state index in [2.05, 4.69) is 10.3 Å². The van der Waals surface area contributed by atoms with E-state index in [0.717, 1.165) is 5.69 Å². The van der Waals surface area contributed by atoms with Crippen LogP contribution in [0.2, 0.25) is 0 Å². The molecule has 2 aromatic rings. The highest BCUT2D eigenvalue weighted by atomic mass is 16.5. The van der Waals surface area contributed by atoms with E-state index in [9.17, 15) is 10.2 Å². The lowest BCUT2D eigenvalue weighted by Crippen LogP contribution is -2.05. The molecule has 1 aromatic carbocycles. The first-order chi connectivity index (χ1) is 10.2. The average molecular weight is 290 g/mol. The summed E-state index contributed by atoms with van der Waals surface area (Å²) in [6.07, 6.45) is 1.64. The van der Waals surface area contributed by atoms with Crippen LogP contribution < -0.4 is 10.1 Å². The van der Waals surface area contributed by atoms with E-state index >= 15 is 0 Å². The summed E-state index contributed by atoms with van der Waals surface area (Å²) < 4.78 is 10.2. The predicted octanol–water partition coefficient (Wildman–Crippen LogP) is 2.13. The van der Waals surface area contributed by atoms with Gasteiger partial charge in [0.1, 0.15) is 6.61 Å². The fraction of sp³-hybridized carbons (Fsp3) is 0.267. The molecule has 0 aliphatic rings. The summed E-state index contributed by atoms with van der Waals surface area (Å²) in [4.78, 5) is 4.15. The molecule has 2 rings (SSSR count). The number of aromatic nitrogens is 1. The van der Waals surface area contributed by atoms with Gasteiger partial charge in [-0.15, -0.1) is 0 Å². The molecule has 0 aliphatic carbocycles. The molecular formula is C15H18N2O4. The van der Waals surface area contributed by atoms with Crippen molar-refractivity contribution < 1.29 is 19.7 Å². The third kappa shape index (κ3) is 4.25. The zero-order valence-corrected chi connectivity index (χ0v) is 11.7. The monoisotopic (exact) mass is 290 g/mol. The molecular weight excluding hydrogens is 272 g/mol. The summed E-state index contributed by atoms with van der Waals surface area (Å²) in [5, 5.41) is 22.2. The predicted molar refractivity (Wildman–Crippen MR) is 78.7 cm³/mol. The molecule has 0 saturated heterocycles. The molecule has 112 valence electrons. The Kier molecular flexibility index (Phi) is 5.22. The van der Waals surface area contributed by atoms with Gasteiger partial charge in [-0.05, 0) is 12.1 Å². The second-order valence-electron chi connectivity index (χ2n) is 4.36. The number of hydrogen-bond acceptors (Lipinski definition) is 6. The Labute approximate surface area is 123 Å². The van der Waals surface area contributed by atoms with Crippen molar-refractivity contribution in [2.75, 3.05) is 25.6 Å². The minimum absolute atomic E-state index is 0.113. The number of methoxy groups -OCH3 is 1. The maximum Gasteiger partial charge on any atom is 0.213 e. The van der Waals surface area contributed by atoms with Crippen LogP contribution in [0.25, 0.3) is 0 Å². The van der Waals surface area contributed by atoms with Crippen LogP contribution in [-0.4, -0.2) is 35.5 Å². The zero-order valence-electron chi connectivity index (χ0n) is 11.7. The van der Waals surface area contributed by atoms with Gasteiger partial charge >= 0.3 is 0 Å². The van der Waals surface area contributed by atoms with Crippen LogP contribution in [0.4, 0.5) is 5.69 Å². The fourth-order valence-electron chi connectivity index (χ4n) is 1.72. The van der Waals surface area contributed by atoms with Crippen LogP contribution in [0, 0.1) is 0 Å². The van der Waals surface area contributed by atoms with E-state index in [1.165, 1.54) is 6.07 Å². The molecule has 21 heavy (non-hydrogen) atoms. The number of rotatable bonds is 7. The Hall–Kier alpha value is -2.47. The average Bonchev–Trinajstić information content (AvgIpc) is 2.50. The standard InChI is InChI=1S/C15H18N2O4/c1-20-7-8-21-14-6-5-12(10-17-14)16-9-11-3-2-4-13(18)15(11)19/h2-6,10,16,18-19H,7-9H2,1H3. The van der Waals surface area contributed by atoms with Gasteiger partial charge < -0.3 is 25.0 Å². The van der Waals surface area contributed by atoms with Gasteiger partial charge in [0.25, 0.3) is 0 Å². The van der Waals surface area contributed by atoms with Gasteiger partial charge in [0, 0.05) is 25.3 Å². The van der Waals surface area contributed by atoms with E-state index in [-0.39, 0.29) is 11.5 Å². The van der Waals surface area contributed by atoms with Gasteiger partial charge in [-0.1, -0.05) is 12.1 Å². The second-order valence-corrected chi connectivity index (χ2v) is 4.36. The van der Waals surface area contributed by atoms with Crippen LogP contribution >= 0.6 is 0 Å². The Morgan fingerprint density at radius 3 is 2.71 bits per heavy atom. The number of benzene rings is 1. The first-order valence-electron chi connectivity index (χ1n) is 6.52. The van der Waals surface area contributed by atoms with Gasteiger partial charge in [0.05, 0.1) is 18.5 Å². The topological polar surface area (TPSA) is 83.8 Å². The smallest absolute Gasteiger partial charge is 0.213 e. The van der Waals surface area contributed by atoms with Crippen molar-refractivity contribution >= 4 is 5.69 Å². The third-order valence-corrected chi connectivity index (χ3v) is 2.85. The molecule has 0 saturated carbocycles. The third-order valence-electron chi connectivity index (χ3n) is 2.85. The second kappa shape index (κ2) is 7.35. The highest BCUT2D eigenvalue weighted by Crippen LogP contribution is 2.28. The normalized spacial score (nSPS) is 10.3. The molecule has 0 atom stereocenters. The Morgan fingerprint density at radius 2 is 2.00 bits per heavy atom. The van der Waals surface area contributed by atoms with E-state index in [0.29, 0.717) is 31.2 Å². The fourth-order valence-corrected chi connectivity index (χ4v) is 1.72. The summed E-state index contributed by atoms with van der Waals surface area (Å²) >= 11 is 0. The van der Waals surface area contributed by atoms with E-state index in [4.69, 9.17) is 9.47 Å². The molecule has 0 radical (unpaired) electrons. The molecule has 0 bridgehead atoms. The largest absolute Gasteiger partial charge is 0.504 e. The van der Waals surface area contributed by atoms with E-state index < -0.39 is 0 Å². The molecule has 0 aliphatic heterocycles. The summed E-state index contributed by atoms with van der Waals surface area (Å²) in [6, 6.07) is 8.43. The van der Waals surface area contributed by atoms with E-state index in [1.807, 2.05) is 6.07 Å². The first kappa shape index (κ1) is 14.9. The molecule has 0 unspecified atom stereocenters. The minimum Gasteiger partial charge on any atom is -0.504 e. The van der Waals surface area contributed by atoms with Crippen molar-refractivity contribution in [1.82, 2.24) is 4.98 Å². The maximum absolute atomic E-state index is 9.70. The summed E-state index contributed by atoms with van der Waals surface area (Å²) in [6.45, 7) is 1.34. The number of nitrogens with one attached hydrogen (secondary N) is 1. The number of anilines is 1. The molecule has 0 spiro atoms. The molecule has 6 nitrogen and oxygen atoms in total. The lowest BCUT2D eigenvalue weighted by atomic mass is 10.2. The van der Waals surface area contributed by atoms with Gasteiger partial charge in [0.15, 0.2) is 11.5 Å². The number of phenolic OH excluding ortho intramolecular Hbond substituents is 2. The molecule has 0 amide bonds. The number of pyridine rings is 1. The lowest BCUT2D eigenvalue weighted by Gasteiger charge is -2.09. The lowest BCUT2D eigenvalue weighted by molar-refractivity contribution is 0.144. The van der Waals surface area contributed by atoms with Crippen LogP contribution in [0.3, 0.4) is 0 Å². The number of hydrogen-bond donors (Lipinski definition) is 3. The van der Waals surface area contributed by atoms with Crippen molar-refractivity contribution in [1.29, 1.82) is 0 Å². The van der Waals surface area contributed by atoms with Gasteiger partial charge in [-0.2, -0.15) is 0 Å². The number of nitrogens with zero attached hydrogens (tertiary/aromatic N) is 1. The van der Waals surface area contributed by atoms with Crippen molar-refractivity contribution in [3.8, 4) is 17.4 Å². The van der Waals surface area contributed by atoms with Crippen LogP contribution in [0.5, 0.6) is 17.4 Å². The summed E-state index contributed by atoms with van der Waals surface area (Å²) in [7, 11) is 1.61. The van der Waals surface area contributed by atoms with Gasteiger partial charge in [-0.25, -0.2) is 4.98 Å². The summed E-state index contributed by atoms with van der Waals surface area (Å²) in [5.41, 5.74) is 1.40. The number of ether oxygens (including phenoxy) is 2. The summed E-state index contributed by atoms with van der Waals surface area (Å²) in [5.74, 6) is 0.282. The SMILES string of the molecule is COCCOc1ccc(NCc2cccc(O)c2O)cn1. The molecule has 3 N–H and O–H groups in total. The number of aromatic hydroxyl groups is 2. The highest BCUT2D eigenvalue weighted by Gasteiger charge is 2.05. The highest BCUT2D eigenvalue weighted by molar-refractivity contribution is 5.48. The maximum atomic E-state index is 9.70. The van der Waals surface area contributed by atoms with E-state index in [1.54, 1.807) is 31.5 Å². The van der Waals surface area contributed by atoms with Gasteiger partial charge in [0.2, 0.25) is 5.88 Å². The van der Waals surface area contributed by atoms with Crippen molar-refractivity contribution in [3.05, 3.63) is 42.1 Å². The first-order valence-corrected chi connectivity index (χ1v) is 6.52. The Balaban J connectivity index is 1.90. The zero-order chi connectivity index (χ0) is 15.1. The molecule has 1 aromatic heterocycles. The number of phenols is 2. The van der Waals surface area contributed by atoms with Crippen molar-refractivity contribution in [2.24, 2.45) is 0 Å². The molecule has 6 heteroatoms. The Morgan fingerprint density at radius 1 is 1.14 bits per heavy atom. The quantitative estimate of drug-likeness (QED) is 0.535. The minimum atomic E-state index is -0.130. The number of para-hydroxylation sites is 1. The van der Waals surface area contributed by atoms with Crippen LogP contribution in [0.1, 0.15) is 5.56 Å². The van der Waals surface area contributed by atoms with Crippen LogP contribution in [0.15, 0.2) is 36.5 Å². The molecule has 1 heterocycles. The van der Waals surface area contributed by atoms with Gasteiger partial charge in [-0.3, -0.25) is 0 Å². The van der Waals surface area contributed by atoms with Crippen molar-refractivity contribution in [3.63, 3.8) is 0 Å².